The van der Waals surface area contributed by atoms with E-state index < -0.39 is 0 Å². The number of rotatable bonds is 4. The molecule has 1 aromatic heterocycles. The molecule has 0 aliphatic heterocycles. The van der Waals surface area contributed by atoms with Crippen molar-refractivity contribution in [1.82, 2.24) is 10.2 Å². The Morgan fingerprint density at radius 1 is 1.29 bits per heavy atom. The standard InChI is InChI=1S/C17H23N3O/c1-21-14-9-5-8-13(11-14)16-15(19-20-17(16)18)10-12-6-3-2-4-7-12/h5,8-9,11-12H,2-4,6-7,10H2,1H3,(H3,18,19,20). The van der Waals surface area contributed by atoms with Crippen molar-refractivity contribution in [2.24, 2.45) is 5.92 Å². The summed E-state index contributed by atoms with van der Waals surface area (Å²) in [4.78, 5) is 0. The van der Waals surface area contributed by atoms with Crippen LogP contribution in [0.25, 0.3) is 11.1 Å². The number of anilines is 1. The van der Waals surface area contributed by atoms with Crippen LogP contribution in [0, 0.1) is 5.92 Å². The van der Waals surface area contributed by atoms with Crippen molar-refractivity contribution >= 4 is 5.82 Å². The molecule has 1 aromatic carbocycles. The molecule has 0 saturated heterocycles. The highest BCUT2D eigenvalue weighted by atomic mass is 16.5. The van der Waals surface area contributed by atoms with Crippen molar-refractivity contribution in [2.75, 3.05) is 12.8 Å². The van der Waals surface area contributed by atoms with Gasteiger partial charge in [0.25, 0.3) is 0 Å². The largest absolute Gasteiger partial charge is 0.497 e. The van der Waals surface area contributed by atoms with E-state index in [1.54, 1.807) is 7.11 Å². The molecule has 2 aromatic rings. The van der Waals surface area contributed by atoms with Crippen molar-refractivity contribution in [3.05, 3.63) is 30.0 Å². The molecule has 1 aliphatic carbocycles. The number of benzene rings is 1. The fourth-order valence-electron chi connectivity index (χ4n) is 3.32. The van der Waals surface area contributed by atoms with E-state index in [9.17, 15) is 0 Å². The topological polar surface area (TPSA) is 63.9 Å². The second kappa shape index (κ2) is 6.20. The molecule has 1 saturated carbocycles. The number of nitrogens with one attached hydrogen (secondary N) is 1. The Bertz CT molecular complexity index is 600. The number of H-pyrrole nitrogens is 1. The molecular formula is C17H23N3O. The van der Waals surface area contributed by atoms with E-state index in [1.807, 2.05) is 18.2 Å². The Labute approximate surface area is 125 Å². The number of methoxy groups -OCH3 is 1. The van der Waals surface area contributed by atoms with E-state index in [4.69, 9.17) is 10.5 Å². The van der Waals surface area contributed by atoms with Crippen LogP contribution in [-0.4, -0.2) is 17.3 Å². The van der Waals surface area contributed by atoms with Crippen molar-refractivity contribution in [1.29, 1.82) is 0 Å². The van der Waals surface area contributed by atoms with Gasteiger partial charge in [-0.25, -0.2) is 0 Å². The van der Waals surface area contributed by atoms with Gasteiger partial charge >= 0.3 is 0 Å². The van der Waals surface area contributed by atoms with Gasteiger partial charge in [0.15, 0.2) is 5.82 Å². The summed E-state index contributed by atoms with van der Waals surface area (Å²) in [6.07, 6.45) is 7.75. The first-order valence-electron chi connectivity index (χ1n) is 7.75. The Morgan fingerprint density at radius 2 is 2.10 bits per heavy atom. The van der Waals surface area contributed by atoms with Gasteiger partial charge in [0.2, 0.25) is 0 Å². The summed E-state index contributed by atoms with van der Waals surface area (Å²) in [5, 5.41) is 7.37. The first-order chi connectivity index (χ1) is 10.3. The number of ether oxygens (including phenoxy) is 1. The molecule has 0 unspecified atom stereocenters. The Kier molecular flexibility index (Phi) is 4.13. The van der Waals surface area contributed by atoms with Crippen LogP contribution >= 0.6 is 0 Å². The summed E-state index contributed by atoms with van der Waals surface area (Å²) in [7, 11) is 1.68. The lowest BCUT2D eigenvalue weighted by Crippen LogP contribution is -2.10. The fraction of sp³-hybridized carbons (Fsp3) is 0.471. The van der Waals surface area contributed by atoms with Crippen LogP contribution in [0.1, 0.15) is 37.8 Å². The van der Waals surface area contributed by atoms with Gasteiger partial charge < -0.3 is 10.5 Å². The molecule has 0 bridgehead atoms. The average Bonchev–Trinajstić information content (AvgIpc) is 2.89. The second-order valence-electron chi connectivity index (χ2n) is 5.90. The van der Waals surface area contributed by atoms with Gasteiger partial charge in [-0.3, -0.25) is 5.10 Å². The van der Waals surface area contributed by atoms with E-state index in [2.05, 4.69) is 16.3 Å². The molecule has 1 heterocycles. The maximum Gasteiger partial charge on any atom is 0.153 e. The zero-order chi connectivity index (χ0) is 14.7. The summed E-state index contributed by atoms with van der Waals surface area (Å²) in [6.45, 7) is 0. The molecule has 0 spiro atoms. The van der Waals surface area contributed by atoms with Crippen LogP contribution in [0.3, 0.4) is 0 Å². The number of nitrogens with zero attached hydrogens (tertiary/aromatic N) is 1. The third-order valence-electron chi connectivity index (χ3n) is 4.45. The third-order valence-corrected chi connectivity index (χ3v) is 4.45. The molecule has 1 aliphatic rings. The first kappa shape index (κ1) is 14.0. The lowest BCUT2D eigenvalue weighted by molar-refractivity contribution is 0.354. The Morgan fingerprint density at radius 3 is 2.86 bits per heavy atom. The number of aromatic nitrogens is 2. The molecule has 112 valence electrons. The molecule has 0 amide bonds. The lowest BCUT2D eigenvalue weighted by Gasteiger charge is -2.21. The van der Waals surface area contributed by atoms with Gasteiger partial charge in [0.05, 0.1) is 7.11 Å². The van der Waals surface area contributed by atoms with Gasteiger partial charge in [-0.05, 0) is 30.0 Å². The predicted octanol–water partition coefficient (Wildman–Crippen LogP) is 3.79. The Balaban J connectivity index is 1.88. The van der Waals surface area contributed by atoms with Crippen molar-refractivity contribution < 1.29 is 4.74 Å². The predicted molar refractivity (Wildman–Crippen MR) is 85.3 cm³/mol. The number of aromatic amines is 1. The lowest BCUT2D eigenvalue weighted by atomic mass is 9.85. The van der Waals surface area contributed by atoms with E-state index in [-0.39, 0.29) is 0 Å². The average molecular weight is 285 g/mol. The Hall–Kier alpha value is -1.97. The highest BCUT2D eigenvalue weighted by molar-refractivity contribution is 5.77. The highest BCUT2D eigenvalue weighted by Crippen LogP contribution is 2.34. The molecule has 0 radical (unpaired) electrons. The summed E-state index contributed by atoms with van der Waals surface area (Å²) in [5.74, 6) is 2.17. The van der Waals surface area contributed by atoms with Crippen LogP contribution in [0.5, 0.6) is 5.75 Å². The molecule has 0 atom stereocenters. The van der Waals surface area contributed by atoms with Crippen LogP contribution in [0.4, 0.5) is 5.82 Å². The quantitative estimate of drug-likeness (QED) is 0.898. The minimum Gasteiger partial charge on any atom is -0.497 e. The number of hydrogen-bond acceptors (Lipinski definition) is 3. The van der Waals surface area contributed by atoms with Gasteiger partial charge in [-0.2, -0.15) is 5.10 Å². The summed E-state index contributed by atoms with van der Waals surface area (Å²) >= 11 is 0. The minimum atomic E-state index is 0.578. The number of nitrogens with two attached hydrogens (primary N) is 1. The van der Waals surface area contributed by atoms with Gasteiger partial charge in [0, 0.05) is 11.3 Å². The number of nitrogen functional groups attached to an aromatic ring is 1. The van der Waals surface area contributed by atoms with Crippen molar-refractivity contribution in [3.8, 4) is 16.9 Å². The smallest absolute Gasteiger partial charge is 0.153 e. The highest BCUT2D eigenvalue weighted by Gasteiger charge is 2.19. The van der Waals surface area contributed by atoms with Crippen LogP contribution in [0.2, 0.25) is 0 Å². The summed E-state index contributed by atoms with van der Waals surface area (Å²) < 4.78 is 5.31. The monoisotopic (exact) mass is 285 g/mol. The molecular weight excluding hydrogens is 262 g/mol. The van der Waals surface area contributed by atoms with Crippen molar-refractivity contribution in [2.45, 2.75) is 38.5 Å². The first-order valence-corrected chi connectivity index (χ1v) is 7.75. The molecule has 21 heavy (non-hydrogen) atoms. The van der Waals surface area contributed by atoms with Crippen molar-refractivity contribution in [3.63, 3.8) is 0 Å². The SMILES string of the molecule is COc1cccc(-c2c(N)n[nH]c2CC2CCCCC2)c1. The molecule has 1 fully saturated rings. The maximum absolute atomic E-state index is 6.09. The van der Waals surface area contributed by atoms with Crippen LogP contribution in [0.15, 0.2) is 24.3 Å². The van der Waals surface area contributed by atoms with E-state index in [1.165, 1.54) is 32.1 Å². The summed E-state index contributed by atoms with van der Waals surface area (Å²) in [6, 6.07) is 8.02. The van der Waals surface area contributed by atoms with Gasteiger partial charge in [0.1, 0.15) is 5.75 Å². The minimum absolute atomic E-state index is 0.578. The molecule has 4 heteroatoms. The maximum atomic E-state index is 6.09. The van der Waals surface area contributed by atoms with Crippen LogP contribution in [-0.2, 0) is 6.42 Å². The van der Waals surface area contributed by atoms with Gasteiger partial charge in [-0.1, -0.05) is 44.2 Å². The van der Waals surface area contributed by atoms with E-state index >= 15 is 0 Å². The fourth-order valence-corrected chi connectivity index (χ4v) is 3.32. The van der Waals surface area contributed by atoms with Gasteiger partial charge in [-0.15, -0.1) is 0 Å². The molecule has 3 N–H and O–H groups in total. The zero-order valence-electron chi connectivity index (χ0n) is 12.6. The second-order valence-corrected chi connectivity index (χ2v) is 5.90. The molecule has 4 nitrogen and oxygen atoms in total. The zero-order valence-corrected chi connectivity index (χ0v) is 12.6. The normalized spacial score (nSPS) is 16.0. The number of hydrogen-bond donors (Lipinski definition) is 2. The van der Waals surface area contributed by atoms with E-state index in [0.29, 0.717) is 5.82 Å². The summed E-state index contributed by atoms with van der Waals surface area (Å²) in [5.41, 5.74) is 9.36. The molecule has 3 rings (SSSR count). The van der Waals surface area contributed by atoms with Crippen LogP contribution < -0.4 is 10.5 Å². The third kappa shape index (κ3) is 3.04. The van der Waals surface area contributed by atoms with E-state index in [0.717, 1.165) is 34.9 Å².